The van der Waals surface area contributed by atoms with Gasteiger partial charge in [-0.2, -0.15) is 0 Å². The van der Waals surface area contributed by atoms with Gasteiger partial charge in [-0.15, -0.1) is 0 Å². The second-order valence-electron chi connectivity index (χ2n) is 4.06. The summed E-state index contributed by atoms with van der Waals surface area (Å²) < 4.78 is 19.2. The number of ether oxygens (including phenoxy) is 1. The Kier molecular flexibility index (Phi) is 4.32. The zero-order valence-electron chi connectivity index (χ0n) is 10.3. The quantitative estimate of drug-likeness (QED) is 0.787. The van der Waals surface area contributed by atoms with Crippen LogP contribution in [0, 0.1) is 5.82 Å². The van der Waals surface area contributed by atoms with E-state index in [1.807, 2.05) is 18.2 Å². The first-order chi connectivity index (χ1) is 9.08. The number of hydrogen-bond donors (Lipinski definition) is 0. The maximum absolute atomic E-state index is 12.8. The van der Waals surface area contributed by atoms with Gasteiger partial charge < -0.3 is 4.74 Å². The molecule has 0 aliphatic carbocycles. The summed E-state index contributed by atoms with van der Waals surface area (Å²) >= 11 is 3.35. The van der Waals surface area contributed by atoms with Gasteiger partial charge in [0.05, 0.1) is 4.47 Å². The number of benzene rings is 2. The predicted octanol–water partition coefficient (Wildman–Crippen LogP) is 4.24. The lowest BCUT2D eigenvalue weighted by molar-refractivity contribution is 0.0817. The molecule has 0 saturated heterocycles. The van der Waals surface area contributed by atoms with E-state index in [1.54, 1.807) is 13.0 Å². The maximum Gasteiger partial charge on any atom is 0.202 e. The molecule has 1 atom stereocenters. The molecule has 0 bridgehead atoms. The van der Waals surface area contributed by atoms with Gasteiger partial charge in [0.2, 0.25) is 5.78 Å². The van der Waals surface area contributed by atoms with Gasteiger partial charge in [0.25, 0.3) is 0 Å². The van der Waals surface area contributed by atoms with Gasteiger partial charge in [-0.05, 0) is 59.3 Å². The lowest BCUT2D eigenvalue weighted by atomic mass is 10.1. The van der Waals surface area contributed by atoms with Crippen molar-refractivity contribution in [2.45, 2.75) is 13.0 Å². The summed E-state index contributed by atoms with van der Waals surface area (Å²) in [5.41, 5.74) is 0.431. The standard InChI is InChI=1S/C15H12BrFO2/c1-10(19-14-5-3-2-4-13(14)16)15(18)11-6-8-12(17)9-7-11/h2-10H,1H3. The number of carbonyl (C=O) groups is 1. The highest BCUT2D eigenvalue weighted by Crippen LogP contribution is 2.25. The van der Waals surface area contributed by atoms with Crippen LogP contribution >= 0.6 is 15.9 Å². The maximum atomic E-state index is 12.8. The molecule has 4 heteroatoms. The summed E-state index contributed by atoms with van der Waals surface area (Å²) in [6.07, 6.45) is -0.635. The van der Waals surface area contributed by atoms with Gasteiger partial charge in [0, 0.05) is 5.56 Å². The number of para-hydroxylation sites is 1. The zero-order valence-corrected chi connectivity index (χ0v) is 11.9. The van der Waals surface area contributed by atoms with Crippen LogP contribution in [0.5, 0.6) is 5.75 Å². The van der Waals surface area contributed by atoms with Crippen molar-refractivity contribution in [1.29, 1.82) is 0 Å². The molecule has 2 nitrogen and oxygen atoms in total. The monoisotopic (exact) mass is 322 g/mol. The SMILES string of the molecule is CC(Oc1ccccc1Br)C(=O)c1ccc(F)cc1. The van der Waals surface area contributed by atoms with Crippen LogP contribution in [0.2, 0.25) is 0 Å². The molecule has 0 aliphatic heterocycles. The molecule has 0 heterocycles. The molecular weight excluding hydrogens is 311 g/mol. The Morgan fingerprint density at radius 3 is 2.42 bits per heavy atom. The average Bonchev–Trinajstić information content (AvgIpc) is 2.41. The van der Waals surface area contributed by atoms with Gasteiger partial charge in [-0.25, -0.2) is 4.39 Å². The first kappa shape index (κ1) is 13.7. The molecule has 2 rings (SSSR count). The normalized spacial score (nSPS) is 11.9. The van der Waals surface area contributed by atoms with E-state index in [-0.39, 0.29) is 11.6 Å². The first-order valence-electron chi connectivity index (χ1n) is 5.79. The van der Waals surface area contributed by atoms with Gasteiger partial charge >= 0.3 is 0 Å². The summed E-state index contributed by atoms with van der Waals surface area (Å²) in [6.45, 7) is 1.67. The van der Waals surface area contributed by atoms with Crippen LogP contribution in [-0.4, -0.2) is 11.9 Å². The van der Waals surface area contributed by atoms with Gasteiger partial charge in [0.1, 0.15) is 11.6 Å². The van der Waals surface area contributed by atoms with Crippen molar-refractivity contribution in [3.05, 3.63) is 64.4 Å². The minimum absolute atomic E-state index is 0.184. The Morgan fingerprint density at radius 1 is 1.16 bits per heavy atom. The zero-order chi connectivity index (χ0) is 13.8. The minimum Gasteiger partial charge on any atom is -0.481 e. The summed E-state index contributed by atoms with van der Waals surface area (Å²) in [6, 6.07) is 12.7. The van der Waals surface area contributed by atoms with Crippen LogP contribution in [0.15, 0.2) is 53.0 Å². The Bertz CT molecular complexity index is 581. The third kappa shape index (κ3) is 3.41. The highest BCUT2D eigenvalue weighted by Gasteiger charge is 2.17. The molecule has 98 valence electrons. The summed E-state index contributed by atoms with van der Waals surface area (Å²) in [4.78, 5) is 12.1. The fourth-order valence-electron chi connectivity index (χ4n) is 1.63. The third-order valence-corrected chi connectivity index (χ3v) is 3.29. The lowest BCUT2D eigenvalue weighted by Gasteiger charge is -2.14. The number of Topliss-reactive ketones (excluding diaryl/α,β-unsaturated/α-hetero) is 1. The molecule has 2 aromatic rings. The van der Waals surface area contributed by atoms with Gasteiger partial charge in [-0.1, -0.05) is 12.1 Å². The van der Waals surface area contributed by atoms with Crippen LogP contribution in [0.1, 0.15) is 17.3 Å². The third-order valence-electron chi connectivity index (χ3n) is 2.64. The molecule has 1 unspecified atom stereocenters. The molecule has 0 N–H and O–H groups in total. The number of ketones is 1. The van der Waals surface area contributed by atoms with E-state index in [2.05, 4.69) is 15.9 Å². The molecule has 19 heavy (non-hydrogen) atoms. The van der Waals surface area contributed by atoms with Crippen molar-refractivity contribution in [2.75, 3.05) is 0 Å². The highest BCUT2D eigenvalue weighted by molar-refractivity contribution is 9.10. The van der Waals surface area contributed by atoms with Crippen molar-refractivity contribution in [3.63, 3.8) is 0 Å². The number of carbonyl (C=O) groups excluding carboxylic acids is 1. The van der Waals surface area contributed by atoms with Crippen molar-refractivity contribution in [1.82, 2.24) is 0 Å². The lowest BCUT2D eigenvalue weighted by Crippen LogP contribution is -2.24. The van der Waals surface area contributed by atoms with E-state index in [9.17, 15) is 9.18 Å². The fourth-order valence-corrected chi connectivity index (χ4v) is 2.01. The van der Waals surface area contributed by atoms with E-state index in [4.69, 9.17) is 4.74 Å². The van der Waals surface area contributed by atoms with Crippen LogP contribution in [0.4, 0.5) is 4.39 Å². The average molecular weight is 323 g/mol. The molecule has 0 spiro atoms. The first-order valence-corrected chi connectivity index (χ1v) is 6.58. The Morgan fingerprint density at radius 2 is 1.79 bits per heavy atom. The summed E-state index contributed by atoms with van der Waals surface area (Å²) in [5, 5.41) is 0. The van der Waals surface area contributed by atoms with E-state index in [1.165, 1.54) is 24.3 Å². The van der Waals surface area contributed by atoms with Crippen LogP contribution in [-0.2, 0) is 0 Å². The van der Waals surface area contributed by atoms with Crippen molar-refractivity contribution < 1.29 is 13.9 Å². The Hall–Kier alpha value is -1.68. The largest absolute Gasteiger partial charge is 0.481 e. The van der Waals surface area contributed by atoms with E-state index < -0.39 is 6.10 Å². The molecule has 0 radical (unpaired) electrons. The summed E-state index contributed by atoms with van der Waals surface area (Å²) in [7, 11) is 0. The van der Waals surface area contributed by atoms with Crippen LogP contribution < -0.4 is 4.74 Å². The number of rotatable bonds is 4. The Balaban J connectivity index is 2.12. The van der Waals surface area contributed by atoms with Crippen LogP contribution in [0.3, 0.4) is 0 Å². The fraction of sp³-hybridized carbons (Fsp3) is 0.133. The minimum atomic E-state index is -0.635. The highest BCUT2D eigenvalue weighted by atomic mass is 79.9. The molecule has 0 amide bonds. The van der Waals surface area contributed by atoms with E-state index >= 15 is 0 Å². The van der Waals surface area contributed by atoms with Gasteiger partial charge in [-0.3, -0.25) is 4.79 Å². The van der Waals surface area contributed by atoms with Gasteiger partial charge in [0.15, 0.2) is 6.10 Å². The molecule has 0 saturated carbocycles. The molecule has 0 aromatic heterocycles. The Labute approximate surface area is 119 Å². The van der Waals surface area contributed by atoms with Crippen molar-refractivity contribution in [2.24, 2.45) is 0 Å². The molecule has 0 fully saturated rings. The smallest absolute Gasteiger partial charge is 0.202 e. The molecule has 2 aromatic carbocycles. The number of hydrogen-bond acceptors (Lipinski definition) is 2. The van der Waals surface area contributed by atoms with E-state index in [0.717, 1.165) is 4.47 Å². The molecule has 0 aliphatic rings. The second-order valence-corrected chi connectivity index (χ2v) is 4.92. The second kappa shape index (κ2) is 5.97. The van der Waals surface area contributed by atoms with E-state index in [0.29, 0.717) is 11.3 Å². The van der Waals surface area contributed by atoms with Crippen molar-refractivity contribution in [3.8, 4) is 5.75 Å². The number of halogens is 2. The van der Waals surface area contributed by atoms with Crippen LogP contribution in [0.25, 0.3) is 0 Å². The molecular formula is C15H12BrFO2. The summed E-state index contributed by atoms with van der Waals surface area (Å²) in [5.74, 6) is 0.0529. The van der Waals surface area contributed by atoms with Crippen molar-refractivity contribution >= 4 is 21.7 Å². The predicted molar refractivity (Wildman–Crippen MR) is 75.0 cm³/mol. The topological polar surface area (TPSA) is 26.3 Å².